The number of nitrogens with one attached hydrogen (secondary N) is 1. The van der Waals surface area contributed by atoms with Crippen molar-refractivity contribution in [1.29, 1.82) is 0 Å². The maximum atomic E-state index is 9.72. The second kappa shape index (κ2) is 6.08. The average molecular weight is 332 g/mol. The molecular formula is C22H24N2O. The summed E-state index contributed by atoms with van der Waals surface area (Å²) in [5, 5.41) is 9.72. The van der Waals surface area contributed by atoms with Gasteiger partial charge in [0.25, 0.3) is 0 Å². The van der Waals surface area contributed by atoms with E-state index in [1.165, 1.54) is 16.9 Å². The van der Waals surface area contributed by atoms with E-state index in [1.807, 2.05) is 12.1 Å². The molecule has 0 aromatic heterocycles. The zero-order valence-corrected chi connectivity index (χ0v) is 14.7. The average Bonchev–Trinajstić information content (AvgIpc) is 3.00. The van der Waals surface area contributed by atoms with Crippen LogP contribution in [-0.2, 0) is 0 Å². The third-order valence-electron chi connectivity index (χ3n) is 5.22. The summed E-state index contributed by atoms with van der Waals surface area (Å²) in [6.07, 6.45) is 5.49. The lowest BCUT2D eigenvalue weighted by Gasteiger charge is -2.41. The Morgan fingerprint density at radius 1 is 1.00 bits per heavy atom. The van der Waals surface area contributed by atoms with Crippen LogP contribution in [0.5, 0.6) is 0 Å². The van der Waals surface area contributed by atoms with E-state index in [2.05, 4.69) is 84.9 Å². The Kier molecular flexibility index (Phi) is 3.89. The summed E-state index contributed by atoms with van der Waals surface area (Å²) in [6.45, 7) is 4.45. The number of benzene rings is 2. The zero-order valence-electron chi connectivity index (χ0n) is 14.7. The second-order valence-corrected chi connectivity index (χ2v) is 7.62. The summed E-state index contributed by atoms with van der Waals surface area (Å²) in [4.78, 5) is 2.44. The van der Waals surface area contributed by atoms with Crippen LogP contribution < -0.4 is 10.4 Å². The van der Waals surface area contributed by atoms with Crippen LogP contribution in [0.1, 0.15) is 25.8 Å². The van der Waals surface area contributed by atoms with Crippen molar-refractivity contribution in [2.75, 3.05) is 4.90 Å². The van der Waals surface area contributed by atoms with Gasteiger partial charge in [-0.1, -0.05) is 68.5 Å². The monoisotopic (exact) mass is 332 g/mol. The first-order valence-corrected chi connectivity index (χ1v) is 8.83. The molecule has 0 radical (unpaired) electrons. The molecule has 2 N–H and O–H groups in total. The molecule has 3 heteroatoms. The lowest BCUT2D eigenvalue weighted by Crippen LogP contribution is -2.42. The van der Waals surface area contributed by atoms with Gasteiger partial charge in [0.05, 0.1) is 0 Å². The van der Waals surface area contributed by atoms with E-state index in [9.17, 15) is 5.21 Å². The maximum absolute atomic E-state index is 9.72. The van der Waals surface area contributed by atoms with E-state index in [1.54, 1.807) is 0 Å². The predicted molar refractivity (Wildman–Crippen MR) is 102 cm³/mol. The Hall–Kier alpha value is -2.52. The number of hydroxylamine groups is 1. The molecule has 1 heterocycles. The van der Waals surface area contributed by atoms with Crippen molar-refractivity contribution in [2.24, 2.45) is 11.3 Å². The smallest absolute Gasteiger partial charge is 0.0469 e. The van der Waals surface area contributed by atoms with Crippen LogP contribution in [0.15, 0.2) is 78.5 Å². The molecule has 0 saturated heterocycles. The Labute approximate surface area is 149 Å². The minimum absolute atomic E-state index is 0.0270. The Bertz CT molecular complexity index is 808. The number of hydrogen-bond donors (Lipinski definition) is 2. The Morgan fingerprint density at radius 2 is 1.64 bits per heavy atom. The van der Waals surface area contributed by atoms with Crippen molar-refractivity contribution in [2.45, 2.75) is 26.3 Å². The van der Waals surface area contributed by atoms with Gasteiger partial charge in [0.15, 0.2) is 0 Å². The van der Waals surface area contributed by atoms with Crippen molar-refractivity contribution >= 4 is 11.4 Å². The van der Waals surface area contributed by atoms with Crippen molar-refractivity contribution in [3.05, 3.63) is 84.1 Å². The molecule has 2 aromatic carbocycles. The van der Waals surface area contributed by atoms with Crippen molar-refractivity contribution < 1.29 is 5.21 Å². The van der Waals surface area contributed by atoms with Gasteiger partial charge < -0.3 is 4.90 Å². The van der Waals surface area contributed by atoms with Crippen LogP contribution >= 0.6 is 0 Å². The lowest BCUT2D eigenvalue weighted by atomic mass is 9.74. The fraction of sp³-hybridized carbons (Fsp3) is 0.273. The summed E-state index contributed by atoms with van der Waals surface area (Å²) in [5.41, 5.74) is 7.00. The van der Waals surface area contributed by atoms with Crippen LogP contribution in [0, 0.1) is 11.3 Å². The highest BCUT2D eigenvalue weighted by Crippen LogP contribution is 2.47. The van der Waals surface area contributed by atoms with E-state index in [-0.39, 0.29) is 17.4 Å². The first-order valence-electron chi connectivity index (χ1n) is 8.83. The molecular weight excluding hydrogens is 308 g/mol. The highest BCUT2D eigenvalue weighted by atomic mass is 16.5. The third kappa shape index (κ3) is 2.85. The molecule has 1 aliphatic heterocycles. The molecule has 2 aliphatic rings. The zero-order chi connectivity index (χ0) is 17.4. The standard InChI is InChI=1S/C22H24N2O/c1-22(2)14-19(23-25)18-13-20(16-9-5-3-6-10-16)24(21(18)15-22)17-11-7-4-8-12-17/h3-14,18,21,23,25H,15H2,1-2H3/t18-,21+/m0/s1. The molecule has 0 saturated carbocycles. The quantitative estimate of drug-likeness (QED) is 0.791. The van der Waals surface area contributed by atoms with E-state index >= 15 is 0 Å². The summed E-state index contributed by atoms with van der Waals surface area (Å²) >= 11 is 0. The molecule has 0 unspecified atom stereocenters. The predicted octanol–water partition coefficient (Wildman–Crippen LogP) is 4.83. The summed E-state index contributed by atoms with van der Waals surface area (Å²) in [7, 11) is 0. The fourth-order valence-electron chi connectivity index (χ4n) is 4.20. The number of allylic oxidation sites excluding steroid dienone is 1. The highest BCUT2D eigenvalue weighted by molar-refractivity contribution is 5.83. The van der Waals surface area contributed by atoms with E-state index in [0.717, 1.165) is 12.1 Å². The number of fused-ring (bicyclic) bond motifs is 1. The molecule has 2 atom stereocenters. The topological polar surface area (TPSA) is 35.5 Å². The van der Waals surface area contributed by atoms with Crippen molar-refractivity contribution in [3.63, 3.8) is 0 Å². The van der Waals surface area contributed by atoms with Gasteiger partial charge in [0.2, 0.25) is 0 Å². The minimum Gasteiger partial charge on any atom is -0.337 e. The highest BCUT2D eigenvalue weighted by Gasteiger charge is 2.43. The Balaban J connectivity index is 1.84. The van der Waals surface area contributed by atoms with Crippen molar-refractivity contribution in [1.82, 2.24) is 5.48 Å². The number of para-hydroxylation sites is 1. The van der Waals surface area contributed by atoms with Gasteiger partial charge in [0.1, 0.15) is 0 Å². The number of rotatable bonds is 3. The number of nitrogens with zero attached hydrogens (tertiary/aromatic N) is 1. The molecule has 0 amide bonds. The molecule has 25 heavy (non-hydrogen) atoms. The molecule has 0 spiro atoms. The summed E-state index contributed by atoms with van der Waals surface area (Å²) < 4.78 is 0. The largest absolute Gasteiger partial charge is 0.337 e. The summed E-state index contributed by atoms with van der Waals surface area (Å²) in [6, 6.07) is 21.3. The van der Waals surface area contributed by atoms with Crippen molar-refractivity contribution in [3.8, 4) is 0 Å². The first kappa shape index (κ1) is 16.0. The minimum atomic E-state index is 0.0270. The molecule has 0 bridgehead atoms. The van der Waals surface area contributed by atoms with Crippen LogP contribution in [0.2, 0.25) is 0 Å². The summed E-state index contributed by atoms with van der Waals surface area (Å²) in [5.74, 6) is 0.161. The van der Waals surface area contributed by atoms with E-state index in [4.69, 9.17) is 0 Å². The molecule has 4 rings (SSSR count). The van der Waals surface area contributed by atoms with Gasteiger partial charge in [-0.05, 0) is 35.6 Å². The number of hydrogen-bond acceptors (Lipinski definition) is 3. The van der Waals surface area contributed by atoms with Crippen LogP contribution in [0.25, 0.3) is 5.70 Å². The van der Waals surface area contributed by atoms with E-state index < -0.39 is 0 Å². The molecule has 0 fully saturated rings. The van der Waals surface area contributed by atoms with Crippen LogP contribution in [-0.4, -0.2) is 11.2 Å². The van der Waals surface area contributed by atoms with Crippen LogP contribution in [0.3, 0.4) is 0 Å². The van der Waals surface area contributed by atoms with Gasteiger partial charge in [-0.2, -0.15) is 0 Å². The first-order chi connectivity index (χ1) is 12.1. The van der Waals surface area contributed by atoms with Gasteiger partial charge >= 0.3 is 0 Å². The van der Waals surface area contributed by atoms with Gasteiger partial charge in [-0.25, -0.2) is 0 Å². The molecule has 128 valence electrons. The van der Waals surface area contributed by atoms with Gasteiger partial charge in [-0.3, -0.25) is 10.7 Å². The maximum Gasteiger partial charge on any atom is 0.0469 e. The van der Waals surface area contributed by atoms with Gasteiger partial charge in [0, 0.05) is 29.0 Å². The Morgan fingerprint density at radius 3 is 2.28 bits per heavy atom. The molecule has 2 aromatic rings. The molecule has 3 nitrogen and oxygen atoms in total. The van der Waals surface area contributed by atoms with Crippen LogP contribution in [0.4, 0.5) is 5.69 Å². The lowest BCUT2D eigenvalue weighted by molar-refractivity contribution is 0.173. The number of anilines is 1. The normalized spacial score (nSPS) is 24.4. The second-order valence-electron chi connectivity index (χ2n) is 7.62. The fourth-order valence-corrected chi connectivity index (χ4v) is 4.20. The SMILES string of the molecule is CC1(C)C=C(NO)[C@@H]2C=C(c3ccccc3)N(c3ccccc3)[C@@H]2C1. The molecule has 1 aliphatic carbocycles. The van der Waals surface area contributed by atoms with E-state index in [0.29, 0.717) is 0 Å². The third-order valence-corrected chi connectivity index (χ3v) is 5.22. The van der Waals surface area contributed by atoms with Gasteiger partial charge in [-0.15, -0.1) is 0 Å².